The zero-order chi connectivity index (χ0) is 12.9. The molecule has 0 N–H and O–H groups in total. The van der Waals surface area contributed by atoms with Crippen LogP contribution in [-0.2, 0) is 6.42 Å². The van der Waals surface area contributed by atoms with Crippen molar-refractivity contribution in [2.75, 3.05) is 11.4 Å². The van der Waals surface area contributed by atoms with Gasteiger partial charge in [-0.2, -0.15) is 0 Å². The van der Waals surface area contributed by atoms with Crippen molar-refractivity contribution in [1.29, 1.82) is 0 Å². The summed E-state index contributed by atoms with van der Waals surface area (Å²) in [5.74, 6) is 1.01. The first-order valence-corrected chi connectivity index (χ1v) is 6.85. The van der Waals surface area contributed by atoms with Crippen molar-refractivity contribution in [3.05, 3.63) is 48.7 Å². The fraction of sp³-hybridized carbons (Fsp3) is 0.400. The van der Waals surface area contributed by atoms with Crippen LogP contribution in [0.2, 0.25) is 0 Å². The lowest BCUT2D eigenvalue weighted by atomic mass is 10.0. The standard InChI is InChI=1S/C15H18N4/c1-2-14(4-3-13-5-7-16-8-6-13)19(11-1)15-12-17-9-10-18-15/h5-10,12,14H,1-4,11H2/t14-/m1/s1. The van der Waals surface area contributed by atoms with Gasteiger partial charge in [-0.15, -0.1) is 0 Å². The summed E-state index contributed by atoms with van der Waals surface area (Å²) in [6.07, 6.45) is 13.9. The fourth-order valence-corrected chi connectivity index (χ4v) is 2.76. The number of pyridine rings is 1. The molecule has 2 aromatic rings. The molecule has 1 fully saturated rings. The molecule has 0 aliphatic carbocycles. The van der Waals surface area contributed by atoms with Gasteiger partial charge in [-0.05, 0) is 43.4 Å². The van der Waals surface area contributed by atoms with E-state index < -0.39 is 0 Å². The normalized spacial score (nSPS) is 18.7. The van der Waals surface area contributed by atoms with Gasteiger partial charge >= 0.3 is 0 Å². The van der Waals surface area contributed by atoms with Crippen LogP contribution in [0.4, 0.5) is 5.82 Å². The van der Waals surface area contributed by atoms with E-state index >= 15 is 0 Å². The van der Waals surface area contributed by atoms with Gasteiger partial charge in [0, 0.05) is 37.4 Å². The molecular formula is C15H18N4. The molecule has 0 aromatic carbocycles. The van der Waals surface area contributed by atoms with E-state index in [1.54, 1.807) is 12.4 Å². The van der Waals surface area contributed by atoms with Gasteiger partial charge in [-0.1, -0.05) is 0 Å². The molecule has 0 spiro atoms. The Morgan fingerprint density at radius 3 is 2.79 bits per heavy atom. The molecule has 19 heavy (non-hydrogen) atoms. The molecular weight excluding hydrogens is 236 g/mol. The predicted octanol–water partition coefficient (Wildman–Crippen LogP) is 2.47. The zero-order valence-corrected chi connectivity index (χ0v) is 10.9. The van der Waals surface area contributed by atoms with Crippen LogP contribution in [0, 0.1) is 0 Å². The second-order valence-electron chi connectivity index (χ2n) is 4.95. The maximum atomic E-state index is 4.42. The zero-order valence-electron chi connectivity index (χ0n) is 10.9. The van der Waals surface area contributed by atoms with Gasteiger partial charge in [0.05, 0.1) is 6.20 Å². The molecule has 1 aliphatic heterocycles. The van der Waals surface area contributed by atoms with Crippen LogP contribution < -0.4 is 4.90 Å². The van der Waals surface area contributed by atoms with Crippen molar-refractivity contribution in [1.82, 2.24) is 15.0 Å². The van der Waals surface area contributed by atoms with Crippen LogP contribution in [0.1, 0.15) is 24.8 Å². The molecule has 3 rings (SSSR count). The molecule has 4 nitrogen and oxygen atoms in total. The minimum atomic E-state index is 0.588. The molecule has 4 heteroatoms. The molecule has 2 aromatic heterocycles. The highest BCUT2D eigenvalue weighted by Crippen LogP contribution is 2.25. The summed E-state index contributed by atoms with van der Waals surface area (Å²) < 4.78 is 0. The van der Waals surface area contributed by atoms with Crippen molar-refractivity contribution in [3.8, 4) is 0 Å². The lowest BCUT2D eigenvalue weighted by Crippen LogP contribution is -2.30. The van der Waals surface area contributed by atoms with Gasteiger partial charge in [0.1, 0.15) is 5.82 Å². The highest BCUT2D eigenvalue weighted by Gasteiger charge is 2.25. The Morgan fingerprint density at radius 2 is 2.00 bits per heavy atom. The average molecular weight is 254 g/mol. The molecule has 0 bridgehead atoms. The topological polar surface area (TPSA) is 41.9 Å². The first kappa shape index (κ1) is 12.1. The molecule has 1 saturated heterocycles. The molecule has 0 unspecified atom stereocenters. The average Bonchev–Trinajstić information content (AvgIpc) is 2.95. The van der Waals surface area contributed by atoms with Crippen molar-refractivity contribution in [2.24, 2.45) is 0 Å². The van der Waals surface area contributed by atoms with E-state index in [0.29, 0.717) is 6.04 Å². The molecule has 98 valence electrons. The van der Waals surface area contributed by atoms with Gasteiger partial charge in [-0.25, -0.2) is 4.98 Å². The molecule has 0 radical (unpaired) electrons. The smallest absolute Gasteiger partial charge is 0.147 e. The van der Waals surface area contributed by atoms with Crippen LogP contribution in [0.5, 0.6) is 0 Å². The third-order valence-corrected chi connectivity index (χ3v) is 3.74. The summed E-state index contributed by atoms with van der Waals surface area (Å²) in [4.78, 5) is 15.0. The van der Waals surface area contributed by atoms with Crippen LogP contribution in [0.25, 0.3) is 0 Å². The number of hydrogen-bond acceptors (Lipinski definition) is 4. The van der Waals surface area contributed by atoms with E-state index in [-0.39, 0.29) is 0 Å². The Kier molecular flexibility index (Phi) is 3.68. The number of hydrogen-bond donors (Lipinski definition) is 0. The van der Waals surface area contributed by atoms with Crippen molar-refractivity contribution >= 4 is 5.82 Å². The van der Waals surface area contributed by atoms with E-state index in [2.05, 4.69) is 32.0 Å². The summed E-state index contributed by atoms with van der Waals surface area (Å²) in [7, 11) is 0. The molecule has 0 amide bonds. The molecule has 1 aliphatic rings. The van der Waals surface area contributed by atoms with E-state index in [0.717, 1.165) is 18.8 Å². The Balaban J connectivity index is 1.64. The van der Waals surface area contributed by atoms with Gasteiger partial charge in [0.2, 0.25) is 0 Å². The molecule has 0 saturated carbocycles. The summed E-state index contributed by atoms with van der Waals surface area (Å²) in [6.45, 7) is 1.10. The van der Waals surface area contributed by atoms with Gasteiger partial charge in [0.15, 0.2) is 0 Å². The quantitative estimate of drug-likeness (QED) is 0.840. The monoisotopic (exact) mass is 254 g/mol. The minimum Gasteiger partial charge on any atom is -0.352 e. The minimum absolute atomic E-state index is 0.588. The first-order valence-electron chi connectivity index (χ1n) is 6.85. The SMILES string of the molecule is c1cc(CC[C@H]2CCCN2c2cnccn2)ccn1. The number of aryl methyl sites for hydroxylation is 1. The third kappa shape index (κ3) is 2.89. The fourth-order valence-electron chi connectivity index (χ4n) is 2.76. The Labute approximate surface area is 113 Å². The number of aromatic nitrogens is 3. The molecule has 1 atom stereocenters. The largest absolute Gasteiger partial charge is 0.352 e. The van der Waals surface area contributed by atoms with Gasteiger partial charge in [0.25, 0.3) is 0 Å². The lowest BCUT2D eigenvalue weighted by molar-refractivity contribution is 0.605. The van der Waals surface area contributed by atoms with Crippen molar-refractivity contribution < 1.29 is 0 Å². The number of anilines is 1. The highest BCUT2D eigenvalue weighted by molar-refractivity contribution is 5.38. The van der Waals surface area contributed by atoms with Gasteiger partial charge < -0.3 is 4.90 Å². The van der Waals surface area contributed by atoms with E-state index in [4.69, 9.17) is 0 Å². The van der Waals surface area contributed by atoms with Crippen LogP contribution >= 0.6 is 0 Å². The van der Waals surface area contributed by atoms with Crippen molar-refractivity contribution in [2.45, 2.75) is 31.7 Å². The highest BCUT2D eigenvalue weighted by atomic mass is 15.2. The second-order valence-corrected chi connectivity index (χ2v) is 4.95. The van der Waals surface area contributed by atoms with E-state index in [1.165, 1.54) is 24.8 Å². The van der Waals surface area contributed by atoms with E-state index in [9.17, 15) is 0 Å². The summed E-state index contributed by atoms with van der Waals surface area (Å²) in [5.41, 5.74) is 1.36. The Hall–Kier alpha value is -1.97. The Bertz CT molecular complexity index is 500. The van der Waals surface area contributed by atoms with Crippen molar-refractivity contribution in [3.63, 3.8) is 0 Å². The Morgan fingerprint density at radius 1 is 1.11 bits per heavy atom. The second kappa shape index (κ2) is 5.78. The molecule has 3 heterocycles. The number of nitrogens with zero attached hydrogens (tertiary/aromatic N) is 4. The van der Waals surface area contributed by atoms with Crippen LogP contribution in [0.15, 0.2) is 43.1 Å². The van der Waals surface area contributed by atoms with Crippen LogP contribution in [-0.4, -0.2) is 27.5 Å². The third-order valence-electron chi connectivity index (χ3n) is 3.74. The number of rotatable bonds is 4. The lowest BCUT2D eigenvalue weighted by Gasteiger charge is -2.25. The maximum Gasteiger partial charge on any atom is 0.147 e. The van der Waals surface area contributed by atoms with Crippen LogP contribution in [0.3, 0.4) is 0 Å². The maximum absolute atomic E-state index is 4.42. The first-order chi connectivity index (χ1) is 9.43. The van der Waals surface area contributed by atoms with E-state index in [1.807, 2.05) is 18.6 Å². The van der Waals surface area contributed by atoms with Gasteiger partial charge in [-0.3, -0.25) is 9.97 Å². The predicted molar refractivity (Wildman–Crippen MR) is 75.0 cm³/mol. The summed E-state index contributed by atoms with van der Waals surface area (Å²) in [5, 5.41) is 0. The summed E-state index contributed by atoms with van der Waals surface area (Å²) in [6, 6.07) is 4.79. The summed E-state index contributed by atoms with van der Waals surface area (Å²) >= 11 is 0.